The van der Waals surface area contributed by atoms with E-state index in [1.807, 2.05) is 24.3 Å². The zero-order chi connectivity index (χ0) is 17.6. The fourth-order valence-electron chi connectivity index (χ4n) is 2.45. The van der Waals surface area contributed by atoms with Gasteiger partial charge in [0.2, 0.25) is 5.76 Å². The molecule has 1 heterocycles. The predicted molar refractivity (Wildman–Crippen MR) is 94.5 cm³/mol. The molecular formula is C20H17NO4. The second-order valence-corrected chi connectivity index (χ2v) is 5.28. The van der Waals surface area contributed by atoms with Gasteiger partial charge >= 0.3 is 5.97 Å². The van der Waals surface area contributed by atoms with E-state index in [1.165, 1.54) is 6.26 Å². The normalized spacial score (nSPS) is 10.3. The van der Waals surface area contributed by atoms with Crippen LogP contribution in [0.5, 0.6) is 0 Å². The van der Waals surface area contributed by atoms with Crippen LogP contribution in [-0.2, 0) is 4.74 Å². The molecule has 1 amide bonds. The van der Waals surface area contributed by atoms with Crippen LogP contribution >= 0.6 is 0 Å². The summed E-state index contributed by atoms with van der Waals surface area (Å²) in [5.74, 6) is -0.565. The molecule has 0 fully saturated rings. The van der Waals surface area contributed by atoms with Gasteiger partial charge in [0.1, 0.15) is 0 Å². The Balaban J connectivity index is 1.84. The Morgan fingerprint density at radius 2 is 1.84 bits per heavy atom. The summed E-state index contributed by atoms with van der Waals surface area (Å²) >= 11 is 0. The third kappa shape index (κ3) is 3.77. The average molecular weight is 335 g/mol. The minimum atomic E-state index is -0.513. The number of carbonyl (C=O) groups is 2. The topological polar surface area (TPSA) is 68.5 Å². The number of amides is 1. The van der Waals surface area contributed by atoms with E-state index < -0.39 is 5.97 Å². The lowest BCUT2D eigenvalue weighted by molar-refractivity contribution is 0.0491. The van der Waals surface area contributed by atoms with Crippen molar-refractivity contribution in [2.24, 2.45) is 0 Å². The van der Waals surface area contributed by atoms with E-state index in [0.29, 0.717) is 16.8 Å². The van der Waals surface area contributed by atoms with Crippen molar-refractivity contribution in [3.63, 3.8) is 0 Å². The first kappa shape index (κ1) is 16.5. The maximum atomic E-state index is 12.3. The number of carbonyl (C=O) groups excluding carboxylic acids is 2. The summed E-state index contributed by atoms with van der Waals surface area (Å²) in [7, 11) is 0. The number of furan rings is 1. The van der Waals surface area contributed by atoms with Gasteiger partial charge < -0.3 is 14.5 Å². The minimum absolute atomic E-state index is 0.147. The summed E-state index contributed by atoms with van der Waals surface area (Å²) in [6, 6.07) is 17.9. The van der Waals surface area contributed by atoms with Crippen LogP contribution in [-0.4, -0.2) is 18.5 Å². The van der Waals surface area contributed by atoms with E-state index in [2.05, 4.69) is 5.32 Å². The fraction of sp³-hybridized carbons (Fsp3) is 0.100. The van der Waals surface area contributed by atoms with Crippen molar-refractivity contribution in [2.45, 2.75) is 6.92 Å². The zero-order valence-corrected chi connectivity index (χ0v) is 13.7. The van der Waals surface area contributed by atoms with Crippen LogP contribution in [0.2, 0.25) is 0 Å². The Morgan fingerprint density at radius 1 is 1.04 bits per heavy atom. The van der Waals surface area contributed by atoms with Crippen molar-refractivity contribution < 1.29 is 18.7 Å². The minimum Gasteiger partial charge on any atom is -0.460 e. The summed E-state index contributed by atoms with van der Waals surface area (Å²) in [5, 5.41) is 2.85. The Morgan fingerprint density at radius 3 is 2.60 bits per heavy atom. The monoisotopic (exact) mass is 335 g/mol. The third-order valence-electron chi connectivity index (χ3n) is 3.59. The number of benzene rings is 2. The second kappa shape index (κ2) is 7.49. The standard InChI is InChI=1S/C20H17NO4/c1-2-24-20(23)18-17(11-12-25-18)15-9-6-10-16(13-15)21-19(22)14-7-4-3-5-8-14/h3-13H,2H2,1H3,(H,21,22). The van der Waals surface area contributed by atoms with Crippen molar-refractivity contribution in [1.29, 1.82) is 0 Å². The molecule has 1 aromatic heterocycles. The summed E-state index contributed by atoms with van der Waals surface area (Å²) in [4.78, 5) is 24.2. The van der Waals surface area contributed by atoms with E-state index >= 15 is 0 Å². The Labute approximate surface area is 145 Å². The summed E-state index contributed by atoms with van der Waals surface area (Å²) in [6.07, 6.45) is 1.44. The highest BCUT2D eigenvalue weighted by Gasteiger charge is 2.18. The van der Waals surface area contributed by atoms with Crippen LogP contribution in [0.15, 0.2) is 71.3 Å². The van der Waals surface area contributed by atoms with Gasteiger partial charge in [0.15, 0.2) is 0 Å². The van der Waals surface area contributed by atoms with Crippen LogP contribution in [0.3, 0.4) is 0 Å². The molecule has 0 spiro atoms. The molecule has 0 bridgehead atoms. The van der Waals surface area contributed by atoms with Crippen molar-refractivity contribution >= 4 is 17.6 Å². The van der Waals surface area contributed by atoms with Gasteiger partial charge in [-0.2, -0.15) is 0 Å². The second-order valence-electron chi connectivity index (χ2n) is 5.28. The van der Waals surface area contributed by atoms with E-state index in [4.69, 9.17) is 9.15 Å². The van der Waals surface area contributed by atoms with E-state index in [1.54, 1.807) is 43.3 Å². The first-order chi connectivity index (χ1) is 12.2. The molecule has 0 aliphatic heterocycles. The highest BCUT2D eigenvalue weighted by molar-refractivity contribution is 6.04. The molecular weight excluding hydrogens is 318 g/mol. The highest BCUT2D eigenvalue weighted by atomic mass is 16.5. The van der Waals surface area contributed by atoms with Gasteiger partial charge in [-0.3, -0.25) is 4.79 Å². The van der Waals surface area contributed by atoms with Crippen LogP contribution in [0, 0.1) is 0 Å². The smallest absolute Gasteiger partial charge is 0.374 e. The molecule has 0 unspecified atom stereocenters. The molecule has 0 atom stereocenters. The van der Waals surface area contributed by atoms with Crippen molar-refractivity contribution in [2.75, 3.05) is 11.9 Å². The van der Waals surface area contributed by atoms with Gasteiger partial charge in [0.25, 0.3) is 5.91 Å². The molecule has 0 saturated heterocycles. The van der Waals surface area contributed by atoms with Crippen LogP contribution < -0.4 is 5.32 Å². The SMILES string of the molecule is CCOC(=O)c1occc1-c1cccc(NC(=O)c2ccccc2)c1. The number of nitrogens with one attached hydrogen (secondary N) is 1. The van der Waals surface area contributed by atoms with Crippen molar-refractivity contribution in [3.05, 3.63) is 78.3 Å². The molecule has 0 aliphatic carbocycles. The molecule has 5 nitrogen and oxygen atoms in total. The van der Waals surface area contributed by atoms with E-state index in [9.17, 15) is 9.59 Å². The molecule has 3 aromatic rings. The quantitative estimate of drug-likeness (QED) is 0.703. The maximum Gasteiger partial charge on any atom is 0.374 e. The van der Waals surface area contributed by atoms with Gasteiger partial charge in [0, 0.05) is 16.8 Å². The molecule has 126 valence electrons. The van der Waals surface area contributed by atoms with Gasteiger partial charge in [-0.15, -0.1) is 0 Å². The number of hydrogen-bond acceptors (Lipinski definition) is 4. The number of ether oxygens (including phenoxy) is 1. The van der Waals surface area contributed by atoms with Crippen LogP contribution in [0.25, 0.3) is 11.1 Å². The molecule has 1 N–H and O–H groups in total. The molecule has 2 aromatic carbocycles. The van der Waals surface area contributed by atoms with Gasteiger partial charge in [0.05, 0.1) is 12.9 Å². The molecule has 0 saturated carbocycles. The first-order valence-corrected chi connectivity index (χ1v) is 7.90. The zero-order valence-electron chi connectivity index (χ0n) is 13.7. The van der Waals surface area contributed by atoms with Gasteiger partial charge in [-0.1, -0.05) is 30.3 Å². The molecule has 0 aliphatic rings. The molecule has 25 heavy (non-hydrogen) atoms. The summed E-state index contributed by atoms with van der Waals surface area (Å²) < 4.78 is 10.3. The largest absolute Gasteiger partial charge is 0.460 e. The number of hydrogen-bond donors (Lipinski definition) is 1. The number of rotatable bonds is 5. The summed E-state index contributed by atoms with van der Waals surface area (Å²) in [5.41, 5.74) is 2.57. The highest BCUT2D eigenvalue weighted by Crippen LogP contribution is 2.28. The van der Waals surface area contributed by atoms with Gasteiger partial charge in [-0.25, -0.2) is 4.79 Å². The lowest BCUT2D eigenvalue weighted by Gasteiger charge is -2.08. The average Bonchev–Trinajstić information content (AvgIpc) is 3.13. The predicted octanol–water partition coefficient (Wildman–Crippen LogP) is 4.38. The van der Waals surface area contributed by atoms with Crippen molar-refractivity contribution in [3.8, 4) is 11.1 Å². The molecule has 3 rings (SSSR count). The molecule has 5 heteroatoms. The maximum absolute atomic E-state index is 12.3. The third-order valence-corrected chi connectivity index (χ3v) is 3.59. The number of anilines is 1. The van der Waals surface area contributed by atoms with Gasteiger partial charge in [-0.05, 0) is 42.8 Å². The Bertz CT molecular complexity index is 883. The Kier molecular flexibility index (Phi) is 4.95. The van der Waals surface area contributed by atoms with Crippen LogP contribution in [0.1, 0.15) is 27.8 Å². The Hall–Kier alpha value is -3.34. The fourth-order valence-corrected chi connectivity index (χ4v) is 2.45. The first-order valence-electron chi connectivity index (χ1n) is 7.90. The lowest BCUT2D eigenvalue weighted by atomic mass is 10.1. The number of esters is 1. The summed E-state index contributed by atoms with van der Waals surface area (Å²) in [6.45, 7) is 2.01. The van der Waals surface area contributed by atoms with Crippen LogP contribution in [0.4, 0.5) is 5.69 Å². The van der Waals surface area contributed by atoms with E-state index in [0.717, 1.165) is 5.56 Å². The van der Waals surface area contributed by atoms with Crippen molar-refractivity contribution in [1.82, 2.24) is 0 Å². The lowest BCUT2D eigenvalue weighted by Crippen LogP contribution is -2.11. The van der Waals surface area contributed by atoms with E-state index in [-0.39, 0.29) is 18.3 Å². The molecule has 0 radical (unpaired) electrons.